The number of benzene rings is 1. The van der Waals surface area contributed by atoms with Crippen LogP contribution in [0.2, 0.25) is 5.15 Å². The number of halogens is 2. The van der Waals surface area contributed by atoms with Crippen molar-refractivity contribution in [2.45, 2.75) is 26.2 Å². The van der Waals surface area contributed by atoms with Crippen molar-refractivity contribution in [3.05, 3.63) is 74.1 Å². The molecule has 0 fully saturated rings. The van der Waals surface area contributed by atoms with Crippen molar-refractivity contribution >= 4 is 22.6 Å². The van der Waals surface area contributed by atoms with Gasteiger partial charge in [-0.3, -0.25) is 0 Å². The van der Waals surface area contributed by atoms with Crippen LogP contribution in [-0.4, -0.2) is 16.7 Å². The van der Waals surface area contributed by atoms with Crippen LogP contribution in [0.5, 0.6) is 0 Å². The van der Waals surface area contributed by atoms with E-state index in [1.807, 2.05) is 19.1 Å². The van der Waals surface area contributed by atoms with Gasteiger partial charge in [0.2, 0.25) is 0 Å². The fourth-order valence-corrected chi connectivity index (χ4v) is 2.97. The number of aryl methyl sites for hydroxylation is 1. The maximum Gasteiger partial charge on any atom is 0.340 e. The molecule has 0 spiro atoms. The second-order valence-electron chi connectivity index (χ2n) is 6.08. The molecular formula is C21H17ClFNO3. The average molecular weight is 386 g/mol. The summed E-state index contributed by atoms with van der Waals surface area (Å²) >= 11 is 5.72. The number of pyridine rings is 1. The predicted molar refractivity (Wildman–Crippen MR) is 102 cm³/mol. The van der Waals surface area contributed by atoms with Gasteiger partial charge in [-0.15, -0.1) is 0 Å². The number of aromatic nitrogens is 1. The van der Waals surface area contributed by atoms with E-state index in [1.165, 1.54) is 12.3 Å². The summed E-state index contributed by atoms with van der Waals surface area (Å²) in [4.78, 5) is 16.1. The van der Waals surface area contributed by atoms with Gasteiger partial charge < -0.3 is 9.52 Å². The summed E-state index contributed by atoms with van der Waals surface area (Å²) in [5.74, 6) is 5.31. The van der Waals surface area contributed by atoms with E-state index in [0.717, 1.165) is 16.5 Å². The molecule has 0 aliphatic carbocycles. The molecule has 0 amide bonds. The van der Waals surface area contributed by atoms with Crippen LogP contribution in [0.4, 0.5) is 4.39 Å². The highest BCUT2D eigenvalue weighted by molar-refractivity contribution is 6.29. The van der Waals surface area contributed by atoms with Crippen molar-refractivity contribution in [3.8, 4) is 11.8 Å². The zero-order valence-corrected chi connectivity index (χ0v) is 15.4. The van der Waals surface area contributed by atoms with Crippen molar-refractivity contribution < 1.29 is 13.9 Å². The Balaban J connectivity index is 2.00. The van der Waals surface area contributed by atoms with E-state index in [2.05, 4.69) is 16.8 Å². The maximum atomic E-state index is 14.1. The van der Waals surface area contributed by atoms with E-state index in [0.29, 0.717) is 24.0 Å². The standard InChI is InChI=1S/C21H17ClFNO3/c1-13-16-7-6-14(5-3-2-4-10-25)11-18(16)27-21(26)17(13)12-15-8-9-24-20(22)19(15)23/h6-9,11,25H,2,4,10,12H2,1H3. The lowest BCUT2D eigenvalue weighted by molar-refractivity contribution is 0.290. The molecule has 0 bridgehead atoms. The first-order valence-electron chi connectivity index (χ1n) is 8.46. The fourth-order valence-electron chi connectivity index (χ4n) is 2.79. The molecule has 0 aliphatic rings. The molecule has 0 saturated carbocycles. The monoisotopic (exact) mass is 385 g/mol. The summed E-state index contributed by atoms with van der Waals surface area (Å²) < 4.78 is 19.6. The minimum atomic E-state index is -0.633. The first-order chi connectivity index (χ1) is 13.0. The van der Waals surface area contributed by atoms with Crippen molar-refractivity contribution in [1.82, 2.24) is 4.98 Å². The summed E-state index contributed by atoms with van der Waals surface area (Å²) in [7, 11) is 0. The van der Waals surface area contributed by atoms with Gasteiger partial charge in [-0.2, -0.15) is 0 Å². The summed E-state index contributed by atoms with van der Waals surface area (Å²) in [6.07, 6.45) is 2.69. The summed E-state index contributed by atoms with van der Waals surface area (Å²) in [5.41, 5.74) is 2.04. The number of unbranched alkanes of at least 4 members (excludes halogenated alkanes) is 1. The zero-order valence-electron chi connectivity index (χ0n) is 14.7. The van der Waals surface area contributed by atoms with Crippen LogP contribution in [0.25, 0.3) is 11.0 Å². The number of fused-ring (bicyclic) bond motifs is 1. The van der Waals surface area contributed by atoms with Gasteiger partial charge in [0.05, 0.1) is 0 Å². The minimum absolute atomic E-state index is 0.0703. The Kier molecular flexibility index (Phi) is 5.90. The summed E-state index contributed by atoms with van der Waals surface area (Å²) in [5, 5.41) is 9.33. The molecule has 1 N–H and O–H groups in total. The molecule has 2 heterocycles. The first-order valence-corrected chi connectivity index (χ1v) is 8.84. The molecule has 0 saturated heterocycles. The summed E-state index contributed by atoms with van der Waals surface area (Å²) in [6, 6.07) is 6.89. The Hall–Kier alpha value is -2.68. The average Bonchev–Trinajstić information content (AvgIpc) is 2.65. The highest BCUT2D eigenvalue weighted by Crippen LogP contribution is 2.24. The third-order valence-electron chi connectivity index (χ3n) is 4.27. The second kappa shape index (κ2) is 8.34. The highest BCUT2D eigenvalue weighted by atomic mass is 35.5. The lowest BCUT2D eigenvalue weighted by atomic mass is 9.99. The SMILES string of the molecule is Cc1c(Cc2ccnc(Cl)c2F)c(=O)oc2cc(C#CCCCO)ccc12. The largest absolute Gasteiger partial charge is 0.422 e. The van der Waals surface area contributed by atoms with E-state index in [1.54, 1.807) is 6.07 Å². The second-order valence-corrected chi connectivity index (χ2v) is 6.44. The molecule has 138 valence electrons. The number of rotatable bonds is 4. The lowest BCUT2D eigenvalue weighted by Crippen LogP contribution is -2.12. The molecule has 27 heavy (non-hydrogen) atoms. The molecule has 3 rings (SSSR count). The van der Waals surface area contributed by atoms with E-state index >= 15 is 0 Å². The Morgan fingerprint density at radius 2 is 2.15 bits per heavy atom. The first kappa shape index (κ1) is 19.1. The molecular weight excluding hydrogens is 369 g/mol. The third kappa shape index (κ3) is 4.19. The lowest BCUT2D eigenvalue weighted by Gasteiger charge is -2.09. The maximum absolute atomic E-state index is 14.1. The van der Waals surface area contributed by atoms with Crippen LogP contribution in [-0.2, 0) is 6.42 Å². The van der Waals surface area contributed by atoms with E-state index in [4.69, 9.17) is 21.1 Å². The van der Waals surface area contributed by atoms with Crippen molar-refractivity contribution in [2.75, 3.05) is 6.61 Å². The number of aliphatic hydroxyl groups excluding tert-OH is 1. The van der Waals surface area contributed by atoms with Gasteiger partial charge in [0.15, 0.2) is 11.0 Å². The van der Waals surface area contributed by atoms with Crippen LogP contribution in [0.1, 0.15) is 35.1 Å². The normalized spacial score (nSPS) is 10.7. The van der Waals surface area contributed by atoms with E-state index in [9.17, 15) is 9.18 Å². The Morgan fingerprint density at radius 1 is 1.33 bits per heavy atom. The van der Waals surface area contributed by atoms with Gasteiger partial charge in [-0.25, -0.2) is 14.2 Å². The van der Waals surface area contributed by atoms with Gasteiger partial charge >= 0.3 is 5.63 Å². The molecule has 6 heteroatoms. The molecule has 1 aromatic carbocycles. The Morgan fingerprint density at radius 3 is 2.93 bits per heavy atom. The van der Waals surface area contributed by atoms with Crippen LogP contribution >= 0.6 is 11.6 Å². The Labute approximate surface area is 160 Å². The number of nitrogens with zero attached hydrogens (tertiary/aromatic N) is 1. The fraction of sp³-hybridized carbons (Fsp3) is 0.238. The van der Waals surface area contributed by atoms with Crippen LogP contribution < -0.4 is 5.63 Å². The smallest absolute Gasteiger partial charge is 0.340 e. The van der Waals surface area contributed by atoms with Crippen LogP contribution in [0.3, 0.4) is 0 Å². The van der Waals surface area contributed by atoms with Crippen LogP contribution in [0, 0.1) is 24.6 Å². The molecule has 0 unspecified atom stereocenters. The molecule has 0 aliphatic heterocycles. The number of hydrogen-bond donors (Lipinski definition) is 1. The zero-order chi connectivity index (χ0) is 19.4. The Bertz CT molecular complexity index is 1110. The van der Waals surface area contributed by atoms with Crippen molar-refractivity contribution in [3.63, 3.8) is 0 Å². The number of aliphatic hydroxyl groups is 1. The van der Waals surface area contributed by atoms with Gasteiger partial charge in [-0.05, 0) is 48.7 Å². The minimum Gasteiger partial charge on any atom is -0.422 e. The third-order valence-corrected chi connectivity index (χ3v) is 4.54. The van der Waals surface area contributed by atoms with Crippen LogP contribution in [0.15, 0.2) is 39.7 Å². The molecule has 4 nitrogen and oxygen atoms in total. The predicted octanol–water partition coefficient (Wildman–Crippen LogP) is 4.00. The van der Waals surface area contributed by atoms with Gasteiger partial charge in [0, 0.05) is 42.2 Å². The molecule has 0 radical (unpaired) electrons. The van der Waals surface area contributed by atoms with Gasteiger partial charge in [-0.1, -0.05) is 23.4 Å². The molecule has 2 aromatic heterocycles. The number of hydrogen-bond acceptors (Lipinski definition) is 4. The highest BCUT2D eigenvalue weighted by Gasteiger charge is 2.15. The molecule has 3 aromatic rings. The van der Waals surface area contributed by atoms with Gasteiger partial charge in [0.1, 0.15) is 5.58 Å². The van der Waals surface area contributed by atoms with E-state index in [-0.39, 0.29) is 23.7 Å². The van der Waals surface area contributed by atoms with Gasteiger partial charge in [0.25, 0.3) is 0 Å². The van der Waals surface area contributed by atoms with E-state index < -0.39 is 11.4 Å². The molecule has 0 atom stereocenters. The topological polar surface area (TPSA) is 63.3 Å². The summed E-state index contributed by atoms with van der Waals surface area (Å²) in [6.45, 7) is 1.91. The van der Waals surface area contributed by atoms with Crippen molar-refractivity contribution in [1.29, 1.82) is 0 Å². The van der Waals surface area contributed by atoms with Crippen molar-refractivity contribution in [2.24, 2.45) is 0 Å². The quantitative estimate of drug-likeness (QED) is 0.319.